The maximum atomic E-state index is 10.6. The van der Waals surface area contributed by atoms with Gasteiger partial charge in [0, 0.05) is 33.4 Å². The van der Waals surface area contributed by atoms with Gasteiger partial charge in [-0.25, -0.2) is 0 Å². The molecule has 0 aliphatic heterocycles. The smallest absolute Gasteiger partial charge is 0.0919 e. The van der Waals surface area contributed by atoms with Crippen molar-refractivity contribution in [3.8, 4) is 0 Å². The average Bonchev–Trinajstić information content (AvgIpc) is 2.45. The van der Waals surface area contributed by atoms with E-state index in [0.717, 1.165) is 17.7 Å². The van der Waals surface area contributed by atoms with Crippen molar-refractivity contribution in [1.29, 1.82) is 0 Å². The van der Waals surface area contributed by atoms with Crippen molar-refractivity contribution in [3.63, 3.8) is 0 Å². The molecule has 0 heterocycles. The summed E-state index contributed by atoms with van der Waals surface area (Å²) in [6.45, 7) is 8.84. The van der Waals surface area contributed by atoms with E-state index in [4.69, 9.17) is 9.47 Å². The number of aliphatic hydroxyl groups is 1. The Balaban J connectivity index is 2.78. The Labute approximate surface area is 128 Å². The van der Waals surface area contributed by atoms with Gasteiger partial charge in [0.1, 0.15) is 0 Å². The van der Waals surface area contributed by atoms with Crippen LogP contribution in [0.3, 0.4) is 0 Å². The van der Waals surface area contributed by atoms with Crippen LogP contribution in [-0.4, -0.2) is 56.6 Å². The minimum Gasteiger partial charge on any atom is -0.387 e. The van der Waals surface area contributed by atoms with Crippen LogP contribution in [0.1, 0.15) is 29.7 Å². The maximum absolute atomic E-state index is 10.6. The highest BCUT2D eigenvalue weighted by Crippen LogP contribution is 2.21. The second kappa shape index (κ2) is 9.15. The maximum Gasteiger partial charge on any atom is 0.0919 e. The van der Waals surface area contributed by atoms with Crippen LogP contribution in [0.4, 0.5) is 0 Å². The van der Waals surface area contributed by atoms with Gasteiger partial charge in [-0.2, -0.15) is 0 Å². The Bertz CT molecular complexity index is 422. The van der Waals surface area contributed by atoms with E-state index in [2.05, 4.69) is 30.0 Å². The van der Waals surface area contributed by atoms with Gasteiger partial charge in [-0.3, -0.25) is 4.90 Å². The van der Waals surface area contributed by atoms with Crippen LogP contribution >= 0.6 is 0 Å². The zero-order valence-corrected chi connectivity index (χ0v) is 13.9. The normalized spacial score (nSPS) is 14.4. The molecule has 1 aromatic rings. The van der Waals surface area contributed by atoms with Gasteiger partial charge in [0.25, 0.3) is 0 Å². The quantitative estimate of drug-likeness (QED) is 0.759. The van der Waals surface area contributed by atoms with Crippen molar-refractivity contribution in [3.05, 3.63) is 34.9 Å². The van der Waals surface area contributed by atoms with Crippen molar-refractivity contribution in [1.82, 2.24) is 4.90 Å². The first kappa shape index (κ1) is 18.1. The van der Waals surface area contributed by atoms with Gasteiger partial charge in [-0.1, -0.05) is 23.8 Å². The third kappa shape index (κ3) is 5.75. The van der Waals surface area contributed by atoms with E-state index in [-0.39, 0.29) is 6.04 Å². The lowest BCUT2D eigenvalue weighted by Gasteiger charge is -2.31. The molecule has 21 heavy (non-hydrogen) atoms. The van der Waals surface area contributed by atoms with Crippen LogP contribution in [0, 0.1) is 13.8 Å². The topological polar surface area (TPSA) is 41.9 Å². The van der Waals surface area contributed by atoms with Crippen LogP contribution in [0.25, 0.3) is 0 Å². The largest absolute Gasteiger partial charge is 0.387 e. The Morgan fingerprint density at radius 3 is 2.52 bits per heavy atom. The van der Waals surface area contributed by atoms with Crippen LogP contribution in [0.5, 0.6) is 0 Å². The summed E-state index contributed by atoms with van der Waals surface area (Å²) in [5, 5.41) is 10.6. The molecule has 0 bridgehead atoms. The van der Waals surface area contributed by atoms with E-state index in [1.54, 1.807) is 14.2 Å². The van der Waals surface area contributed by atoms with Crippen molar-refractivity contribution in [2.75, 3.05) is 40.5 Å². The van der Waals surface area contributed by atoms with Crippen molar-refractivity contribution < 1.29 is 14.6 Å². The molecule has 1 aromatic carbocycles. The predicted molar refractivity (Wildman–Crippen MR) is 85.7 cm³/mol. The summed E-state index contributed by atoms with van der Waals surface area (Å²) >= 11 is 0. The van der Waals surface area contributed by atoms with Crippen LogP contribution in [-0.2, 0) is 9.47 Å². The first-order chi connectivity index (χ1) is 9.99. The van der Waals surface area contributed by atoms with E-state index < -0.39 is 6.10 Å². The van der Waals surface area contributed by atoms with Crippen LogP contribution in [0.2, 0.25) is 0 Å². The molecular weight excluding hydrogens is 266 g/mol. The second-order valence-electron chi connectivity index (χ2n) is 5.67. The fraction of sp³-hybridized carbons (Fsp3) is 0.647. The number of hydrogen-bond acceptors (Lipinski definition) is 4. The van der Waals surface area contributed by atoms with Crippen LogP contribution < -0.4 is 0 Å². The molecule has 2 atom stereocenters. The summed E-state index contributed by atoms with van der Waals surface area (Å²) in [6, 6.07) is 6.44. The molecule has 4 nitrogen and oxygen atoms in total. The summed E-state index contributed by atoms with van der Waals surface area (Å²) in [4.78, 5) is 2.21. The van der Waals surface area contributed by atoms with Crippen LogP contribution in [0.15, 0.2) is 18.2 Å². The summed E-state index contributed by atoms with van der Waals surface area (Å²) in [6.07, 6.45) is -0.499. The number of rotatable bonds is 9. The summed E-state index contributed by atoms with van der Waals surface area (Å²) in [5.74, 6) is 0. The number of aryl methyl sites for hydroxylation is 2. The highest BCUT2D eigenvalue weighted by atomic mass is 16.5. The lowest BCUT2D eigenvalue weighted by Crippen LogP contribution is -2.41. The standard InChI is InChI=1S/C17H29NO3/c1-13-6-7-14(2)16(10-13)17(19)11-18(8-9-20-4)15(3)12-21-5/h6-7,10,15,17,19H,8-9,11-12H2,1-5H3. The van der Waals surface area contributed by atoms with E-state index in [9.17, 15) is 5.11 Å². The van der Waals surface area contributed by atoms with Gasteiger partial charge in [-0.05, 0) is 31.9 Å². The lowest BCUT2D eigenvalue weighted by molar-refractivity contribution is 0.0384. The number of ether oxygens (including phenoxy) is 2. The highest BCUT2D eigenvalue weighted by Gasteiger charge is 2.19. The minimum atomic E-state index is -0.499. The highest BCUT2D eigenvalue weighted by molar-refractivity contribution is 5.32. The van der Waals surface area contributed by atoms with E-state index in [1.807, 2.05) is 13.8 Å². The van der Waals surface area contributed by atoms with Crippen molar-refractivity contribution in [2.45, 2.75) is 32.9 Å². The average molecular weight is 295 g/mol. The number of methoxy groups -OCH3 is 2. The van der Waals surface area contributed by atoms with E-state index in [1.165, 1.54) is 5.56 Å². The fourth-order valence-corrected chi connectivity index (χ4v) is 2.49. The van der Waals surface area contributed by atoms with Gasteiger partial charge in [0.15, 0.2) is 0 Å². The Kier molecular flexibility index (Phi) is 7.89. The molecule has 0 amide bonds. The lowest BCUT2D eigenvalue weighted by atomic mass is 10.00. The molecule has 0 spiro atoms. The molecule has 120 valence electrons. The molecule has 2 unspecified atom stereocenters. The molecule has 0 aliphatic rings. The van der Waals surface area contributed by atoms with Gasteiger partial charge in [-0.15, -0.1) is 0 Å². The first-order valence-electron chi connectivity index (χ1n) is 7.46. The number of nitrogens with zero attached hydrogens (tertiary/aromatic N) is 1. The summed E-state index contributed by atoms with van der Waals surface area (Å²) < 4.78 is 10.4. The number of hydrogen-bond donors (Lipinski definition) is 1. The Morgan fingerprint density at radius 1 is 1.19 bits per heavy atom. The zero-order chi connectivity index (χ0) is 15.8. The van der Waals surface area contributed by atoms with Crippen molar-refractivity contribution >= 4 is 0 Å². The fourth-order valence-electron chi connectivity index (χ4n) is 2.49. The molecule has 4 heteroatoms. The summed E-state index contributed by atoms with van der Waals surface area (Å²) in [7, 11) is 3.40. The van der Waals surface area contributed by atoms with Gasteiger partial charge in [0.2, 0.25) is 0 Å². The van der Waals surface area contributed by atoms with Gasteiger partial charge >= 0.3 is 0 Å². The van der Waals surface area contributed by atoms with Gasteiger partial charge < -0.3 is 14.6 Å². The third-order valence-corrected chi connectivity index (χ3v) is 3.82. The zero-order valence-electron chi connectivity index (χ0n) is 13.9. The summed E-state index contributed by atoms with van der Waals surface area (Å²) in [5.41, 5.74) is 3.30. The molecule has 0 radical (unpaired) electrons. The molecule has 0 aromatic heterocycles. The Hall–Kier alpha value is -0.940. The van der Waals surface area contributed by atoms with Gasteiger partial charge in [0.05, 0.1) is 19.3 Å². The Morgan fingerprint density at radius 2 is 1.90 bits per heavy atom. The first-order valence-corrected chi connectivity index (χ1v) is 7.46. The van der Waals surface area contributed by atoms with Crippen molar-refractivity contribution in [2.24, 2.45) is 0 Å². The minimum absolute atomic E-state index is 0.241. The number of aliphatic hydroxyl groups excluding tert-OH is 1. The molecule has 1 rings (SSSR count). The second-order valence-corrected chi connectivity index (χ2v) is 5.67. The number of benzene rings is 1. The molecule has 0 fully saturated rings. The molecule has 0 saturated carbocycles. The predicted octanol–water partition coefficient (Wildman–Crippen LogP) is 2.32. The third-order valence-electron chi connectivity index (χ3n) is 3.82. The monoisotopic (exact) mass is 295 g/mol. The molecule has 0 aliphatic carbocycles. The SMILES string of the molecule is COCCN(CC(O)c1cc(C)ccc1C)C(C)COC. The molecular formula is C17H29NO3. The van der Waals surface area contributed by atoms with E-state index >= 15 is 0 Å². The van der Waals surface area contributed by atoms with E-state index in [0.29, 0.717) is 19.8 Å². The molecule has 0 saturated heterocycles. The molecule has 1 N–H and O–H groups in total.